The van der Waals surface area contributed by atoms with Crippen LogP contribution >= 0.6 is 23.8 Å². The SMILES string of the molecule is CN(C)c1ccc(N=C[C@@H]2C(=O)NC(=S)N(c3ccc(Cl)cc3)C2=O)cc1. The Morgan fingerprint density at radius 1 is 1.11 bits per heavy atom. The maximum Gasteiger partial charge on any atom is 0.251 e. The van der Waals surface area contributed by atoms with Crippen molar-refractivity contribution < 1.29 is 9.59 Å². The molecular weight excluding hydrogens is 384 g/mol. The first-order valence-electron chi connectivity index (χ1n) is 8.13. The van der Waals surface area contributed by atoms with Crippen molar-refractivity contribution in [3.05, 3.63) is 53.6 Å². The number of hydrogen-bond donors (Lipinski definition) is 1. The van der Waals surface area contributed by atoms with E-state index in [1.165, 1.54) is 11.1 Å². The van der Waals surface area contributed by atoms with Crippen LogP contribution in [0.1, 0.15) is 0 Å². The molecular formula is C19H17ClN4O2S. The van der Waals surface area contributed by atoms with Gasteiger partial charge in [0, 0.05) is 31.0 Å². The Balaban J connectivity index is 1.83. The first-order valence-corrected chi connectivity index (χ1v) is 8.91. The predicted octanol–water partition coefficient (Wildman–Crippen LogP) is 3.17. The van der Waals surface area contributed by atoms with Gasteiger partial charge in [0.25, 0.3) is 5.91 Å². The van der Waals surface area contributed by atoms with E-state index in [2.05, 4.69) is 10.3 Å². The molecule has 0 unspecified atom stereocenters. The molecule has 138 valence electrons. The van der Waals surface area contributed by atoms with E-state index < -0.39 is 17.7 Å². The molecule has 2 aromatic carbocycles. The second-order valence-corrected chi connectivity index (χ2v) is 6.93. The van der Waals surface area contributed by atoms with Crippen LogP contribution in [0.5, 0.6) is 0 Å². The number of thiocarbonyl (C=S) groups is 1. The summed E-state index contributed by atoms with van der Waals surface area (Å²) >= 11 is 11.0. The molecule has 1 fully saturated rings. The minimum absolute atomic E-state index is 0.0345. The normalized spacial score (nSPS) is 17.4. The summed E-state index contributed by atoms with van der Waals surface area (Å²) in [5, 5.41) is 3.12. The largest absolute Gasteiger partial charge is 0.378 e. The summed E-state index contributed by atoms with van der Waals surface area (Å²) in [5.74, 6) is -2.02. The zero-order chi connectivity index (χ0) is 19.6. The van der Waals surface area contributed by atoms with Crippen molar-refractivity contribution in [1.29, 1.82) is 0 Å². The number of nitrogens with one attached hydrogen (secondary N) is 1. The highest BCUT2D eigenvalue weighted by Crippen LogP contribution is 2.23. The molecule has 1 aliphatic rings. The highest BCUT2D eigenvalue weighted by atomic mass is 35.5. The van der Waals surface area contributed by atoms with E-state index in [0.29, 0.717) is 16.4 Å². The minimum Gasteiger partial charge on any atom is -0.378 e. The zero-order valence-electron chi connectivity index (χ0n) is 14.7. The highest BCUT2D eigenvalue weighted by molar-refractivity contribution is 7.80. The number of benzene rings is 2. The fraction of sp³-hybridized carbons (Fsp3) is 0.158. The van der Waals surface area contributed by atoms with Crippen LogP contribution < -0.4 is 15.1 Å². The standard InChI is InChI=1S/C19H17ClN4O2S/c1-23(2)14-9-5-13(6-10-14)21-11-16-17(25)22-19(27)24(18(16)26)15-7-3-12(20)4-8-15/h3-11,16H,1-2H3,(H,22,25,27)/t16-/m1/s1. The van der Waals surface area contributed by atoms with Gasteiger partial charge in [0.2, 0.25) is 5.91 Å². The molecule has 2 aromatic rings. The number of nitrogens with zero attached hydrogens (tertiary/aromatic N) is 3. The van der Waals surface area contributed by atoms with Crippen LogP contribution in [0.4, 0.5) is 17.1 Å². The summed E-state index contributed by atoms with van der Waals surface area (Å²) in [6, 6.07) is 14.1. The van der Waals surface area contributed by atoms with Crippen LogP contribution in [0.3, 0.4) is 0 Å². The van der Waals surface area contributed by atoms with Crippen molar-refractivity contribution in [3.63, 3.8) is 0 Å². The highest BCUT2D eigenvalue weighted by Gasteiger charge is 2.38. The minimum atomic E-state index is -1.07. The zero-order valence-corrected chi connectivity index (χ0v) is 16.3. The number of rotatable bonds is 4. The molecule has 0 saturated carbocycles. The van der Waals surface area contributed by atoms with E-state index >= 15 is 0 Å². The lowest BCUT2D eigenvalue weighted by Crippen LogP contribution is -2.58. The third kappa shape index (κ3) is 4.15. The van der Waals surface area contributed by atoms with Crippen LogP contribution in [0.2, 0.25) is 5.02 Å². The number of carbonyl (C=O) groups excluding carboxylic acids is 2. The Bertz CT molecular complexity index is 910. The van der Waals surface area contributed by atoms with Crippen LogP contribution in [0.25, 0.3) is 0 Å². The molecule has 27 heavy (non-hydrogen) atoms. The molecule has 3 rings (SSSR count). The molecule has 1 atom stereocenters. The van der Waals surface area contributed by atoms with E-state index in [9.17, 15) is 9.59 Å². The van der Waals surface area contributed by atoms with Gasteiger partial charge in [-0.2, -0.15) is 0 Å². The predicted molar refractivity (Wildman–Crippen MR) is 112 cm³/mol. The van der Waals surface area contributed by atoms with Gasteiger partial charge in [-0.1, -0.05) is 11.6 Å². The molecule has 0 radical (unpaired) electrons. The molecule has 0 aromatic heterocycles. The molecule has 0 aliphatic carbocycles. The summed E-state index contributed by atoms with van der Waals surface area (Å²) in [6.45, 7) is 0. The number of hydrogen-bond acceptors (Lipinski definition) is 5. The van der Waals surface area contributed by atoms with Gasteiger partial charge in [0.1, 0.15) is 0 Å². The first kappa shape index (κ1) is 19.0. The monoisotopic (exact) mass is 400 g/mol. The Morgan fingerprint density at radius 2 is 1.74 bits per heavy atom. The second-order valence-electron chi connectivity index (χ2n) is 6.11. The number of carbonyl (C=O) groups is 2. The van der Waals surface area contributed by atoms with E-state index in [4.69, 9.17) is 23.8 Å². The molecule has 1 N–H and O–H groups in total. The Morgan fingerprint density at radius 3 is 2.33 bits per heavy atom. The van der Waals surface area contributed by atoms with Gasteiger partial charge in [0.05, 0.1) is 11.4 Å². The Hall–Kier alpha value is -2.77. The fourth-order valence-corrected chi connectivity index (χ4v) is 2.98. The molecule has 2 amide bonds. The summed E-state index contributed by atoms with van der Waals surface area (Å²) in [4.78, 5) is 32.6. The summed E-state index contributed by atoms with van der Waals surface area (Å²) in [7, 11) is 3.88. The lowest BCUT2D eigenvalue weighted by molar-refractivity contribution is -0.130. The molecule has 8 heteroatoms. The lowest BCUT2D eigenvalue weighted by atomic mass is 10.1. The second kappa shape index (κ2) is 7.85. The average molecular weight is 401 g/mol. The van der Waals surface area contributed by atoms with Crippen molar-refractivity contribution in [2.75, 3.05) is 23.9 Å². The topological polar surface area (TPSA) is 65.0 Å². The van der Waals surface area contributed by atoms with E-state index in [1.54, 1.807) is 24.3 Å². The Labute approximate surface area is 167 Å². The van der Waals surface area contributed by atoms with Gasteiger partial charge in [-0.25, -0.2) is 0 Å². The lowest BCUT2D eigenvalue weighted by Gasteiger charge is -2.30. The maximum absolute atomic E-state index is 12.8. The molecule has 0 spiro atoms. The molecule has 1 aliphatic heterocycles. The number of halogens is 1. The van der Waals surface area contributed by atoms with Crippen molar-refractivity contribution in [2.45, 2.75) is 0 Å². The summed E-state index contributed by atoms with van der Waals surface area (Å²) in [6.07, 6.45) is 1.34. The average Bonchev–Trinajstić information content (AvgIpc) is 2.63. The molecule has 1 saturated heterocycles. The van der Waals surface area contributed by atoms with Crippen molar-refractivity contribution in [1.82, 2.24) is 5.32 Å². The third-order valence-electron chi connectivity index (χ3n) is 4.03. The molecule has 6 nitrogen and oxygen atoms in total. The van der Waals surface area contributed by atoms with E-state index in [1.807, 2.05) is 43.3 Å². The van der Waals surface area contributed by atoms with Gasteiger partial charge >= 0.3 is 0 Å². The summed E-state index contributed by atoms with van der Waals surface area (Å²) in [5.41, 5.74) is 2.20. The summed E-state index contributed by atoms with van der Waals surface area (Å²) < 4.78 is 0. The van der Waals surface area contributed by atoms with Gasteiger partial charge in [-0.05, 0) is 60.7 Å². The number of anilines is 2. The van der Waals surface area contributed by atoms with Crippen LogP contribution in [-0.2, 0) is 9.59 Å². The smallest absolute Gasteiger partial charge is 0.251 e. The molecule has 1 heterocycles. The van der Waals surface area contributed by atoms with Crippen molar-refractivity contribution >= 4 is 64.0 Å². The van der Waals surface area contributed by atoms with Crippen LogP contribution in [0.15, 0.2) is 53.5 Å². The molecule has 0 bridgehead atoms. The number of amides is 2. The van der Waals surface area contributed by atoms with Gasteiger partial charge in [0.15, 0.2) is 11.0 Å². The van der Waals surface area contributed by atoms with E-state index in [-0.39, 0.29) is 5.11 Å². The first-order chi connectivity index (χ1) is 12.9. The Kier molecular flexibility index (Phi) is 5.53. The quantitative estimate of drug-likeness (QED) is 0.486. The number of aliphatic imine (C=N–C) groups is 1. The van der Waals surface area contributed by atoms with Gasteiger partial charge in [-0.3, -0.25) is 19.5 Å². The fourth-order valence-electron chi connectivity index (χ4n) is 2.55. The van der Waals surface area contributed by atoms with Crippen molar-refractivity contribution in [2.24, 2.45) is 10.9 Å². The van der Waals surface area contributed by atoms with Crippen LogP contribution in [-0.4, -0.2) is 37.2 Å². The van der Waals surface area contributed by atoms with E-state index in [0.717, 1.165) is 5.69 Å². The van der Waals surface area contributed by atoms with Crippen LogP contribution in [0, 0.1) is 5.92 Å². The van der Waals surface area contributed by atoms with Gasteiger partial charge in [-0.15, -0.1) is 0 Å². The third-order valence-corrected chi connectivity index (χ3v) is 4.56. The maximum atomic E-state index is 12.8. The van der Waals surface area contributed by atoms with Crippen molar-refractivity contribution in [3.8, 4) is 0 Å². The van der Waals surface area contributed by atoms with Gasteiger partial charge < -0.3 is 10.2 Å².